The first-order chi connectivity index (χ1) is 12.0. The summed E-state index contributed by atoms with van der Waals surface area (Å²) in [7, 11) is 0. The molecule has 0 saturated carbocycles. The van der Waals surface area contributed by atoms with Crippen molar-refractivity contribution < 1.29 is 13.2 Å². The Hall–Kier alpha value is -3.01. The van der Waals surface area contributed by atoms with Crippen LogP contribution < -0.4 is 0 Å². The maximum Gasteiger partial charge on any atom is 0.416 e. The quantitative estimate of drug-likeness (QED) is 0.405. The highest BCUT2D eigenvalue weighted by Gasteiger charge is 2.30. The standard InChI is InChI=1S/C21H14F3N/c22-21(23,24)18-10-8-16(9-11-18)19-13-17(15-5-2-1-3-6-15)14-25-12-4-7-20(19)25/h1-14H. The Morgan fingerprint density at radius 2 is 1.40 bits per heavy atom. The first-order valence-electron chi connectivity index (χ1n) is 7.86. The second kappa shape index (κ2) is 5.81. The summed E-state index contributed by atoms with van der Waals surface area (Å²) in [6.07, 6.45) is -0.359. The van der Waals surface area contributed by atoms with Gasteiger partial charge in [-0.1, -0.05) is 42.5 Å². The van der Waals surface area contributed by atoms with E-state index in [4.69, 9.17) is 0 Å². The molecule has 2 aromatic heterocycles. The highest BCUT2D eigenvalue weighted by atomic mass is 19.4. The van der Waals surface area contributed by atoms with E-state index in [1.807, 2.05) is 65.3 Å². The van der Waals surface area contributed by atoms with Crippen molar-refractivity contribution in [2.24, 2.45) is 0 Å². The minimum absolute atomic E-state index is 0.637. The van der Waals surface area contributed by atoms with E-state index in [1.54, 1.807) is 0 Å². The molecule has 0 saturated heterocycles. The summed E-state index contributed by atoms with van der Waals surface area (Å²) < 4.78 is 40.4. The maximum atomic E-state index is 12.8. The zero-order valence-electron chi connectivity index (χ0n) is 13.2. The number of fused-ring (bicyclic) bond motifs is 1. The summed E-state index contributed by atoms with van der Waals surface area (Å²) in [6.45, 7) is 0. The topological polar surface area (TPSA) is 4.41 Å². The van der Waals surface area contributed by atoms with Gasteiger partial charge in [-0.2, -0.15) is 13.2 Å². The van der Waals surface area contributed by atoms with Crippen LogP contribution in [0.5, 0.6) is 0 Å². The third-order valence-corrected chi connectivity index (χ3v) is 4.26. The number of rotatable bonds is 2. The van der Waals surface area contributed by atoms with Crippen LogP contribution in [0.25, 0.3) is 27.8 Å². The molecule has 0 aliphatic heterocycles. The molecular weight excluding hydrogens is 323 g/mol. The molecule has 0 fully saturated rings. The van der Waals surface area contributed by atoms with Crippen LogP contribution in [0, 0.1) is 0 Å². The molecule has 2 heterocycles. The van der Waals surface area contributed by atoms with Crippen LogP contribution >= 0.6 is 0 Å². The van der Waals surface area contributed by atoms with Crippen molar-refractivity contribution in [3.8, 4) is 22.3 Å². The average Bonchev–Trinajstić information content (AvgIpc) is 3.09. The summed E-state index contributed by atoms with van der Waals surface area (Å²) in [4.78, 5) is 0. The lowest BCUT2D eigenvalue weighted by Crippen LogP contribution is -2.04. The van der Waals surface area contributed by atoms with Crippen molar-refractivity contribution in [1.82, 2.24) is 4.40 Å². The van der Waals surface area contributed by atoms with Crippen molar-refractivity contribution in [2.75, 3.05) is 0 Å². The van der Waals surface area contributed by atoms with E-state index in [0.717, 1.165) is 39.9 Å². The highest BCUT2D eigenvalue weighted by molar-refractivity contribution is 5.84. The summed E-state index contributed by atoms with van der Waals surface area (Å²) in [5.74, 6) is 0. The molecule has 0 aliphatic carbocycles. The lowest BCUT2D eigenvalue weighted by molar-refractivity contribution is -0.137. The number of benzene rings is 2. The third kappa shape index (κ3) is 2.91. The smallest absolute Gasteiger partial charge is 0.323 e. The van der Waals surface area contributed by atoms with E-state index in [2.05, 4.69) is 0 Å². The molecule has 124 valence electrons. The van der Waals surface area contributed by atoms with Gasteiger partial charge in [-0.15, -0.1) is 0 Å². The summed E-state index contributed by atoms with van der Waals surface area (Å²) >= 11 is 0. The first-order valence-corrected chi connectivity index (χ1v) is 7.86. The maximum absolute atomic E-state index is 12.8. The molecule has 0 atom stereocenters. The van der Waals surface area contributed by atoms with Crippen molar-refractivity contribution in [3.05, 3.63) is 90.8 Å². The molecule has 0 N–H and O–H groups in total. The van der Waals surface area contributed by atoms with Crippen LogP contribution in [0.4, 0.5) is 13.2 Å². The summed E-state index contributed by atoms with van der Waals surface area (Å²) in [5, 5.41) is 0. The van der Waals surface area contributed by atoms with Crippen LogP contribution in [0.1, 0.15) is 5.56 Å². The lowest BCUT2D eigenvalue weighted by atomic mass is 9.99. The average molecular weight is 337 g/mol. The van der Waals surface area contributed by atoms with Crippen LogP contribution in [0.3, 0.4) is 0 Å². The van der Waals surface area contributed by atoms with E-state index >= 15 is 0 Å². The zero-order chi connectivity index (χ0) is 17.4. The van der Waals surface area contributed by atoms with Gasteiger partial charge in [0, 0.05) is 18.0 Å². The van der Waals surface area contributed by atoms with Crippen molar-refractivity contribution in [2.45, 2.75) is 6.18 Å². The SMILES string of the molecule is FC(F)(F)c1ccc(-c2cc(-c3ccccc3)cn3cccc23)cc1. The Morgan fingerprint density at radius 3 is 2.08 bits per heavy atom. The molecule has 0 bridgehead atoms. The van der Waals surface area contributed by atoms with Gasteiger partial charge in [0.05, 0.1) is 11.1 Å². The minimum atomic E-state index is -4.32. The molecule has 1 nitrogen and oxygen atoms in total. The molecular formula is C21H14F3N. The van der Waals surface area contributed by atoms with Crippen molar-refractivity contribution in [3.63, 3.8) is 0 Å². The fourth-order valence-corrected chi connectivity index (χ4v) is 3.01. The molecule has 0 amide bonds. The molecule has 0 spiro atoms. The molecule has 0 aliphatic rings. The Kier molecular flexibility index (Phi) is 3.61. The normalized spacial score (nSPS) is 11.8. The Bertz CT molecular complexity index is 1010. The number of nitrogens with zero attached hydrogens (tertiary/aromatic N) is 1. The predicted octanol–water partition coefficient (Wildman–Crippen LogP) is 6.29. The van der Waals surface area contributed by atoms with Crippen molar-refractivity contribution >= 4 is 5.52 Å². The molecule has 0 radical (unpaired) electrons. The van der Waals surface area contributed by atoms with E-state index in [0.29, 0.717) is 0 Å². The van der Waals surface area contributed by atoms with E-state index in [1.165, 1.54) is 12.1 Å². The largest absolute Gasteiger partial charge is 0.416 e. The zero-order valence-corrected chi connectivity index (χ0v) is 13.2. The monoisotopic (exact) mass is 337 g/mol. The van der Waals surface area contributed by atoms with E-state index in [-0.39, 0.29) is 0 Å². The number of aromatic nitrogens is 1. The van der Waals surface area contributed by atoms with Crippen LogP contribution in [0.15, 0.2) is 85.2 Å². The van der Waals surface area contributed by atoms with Gasteiger partial charge >= 0.3 is 6.18 Å². The Labute approximate surface area is 143 Å². The molecule has 4 heteroatoms. The summed E-state index contributed by atoms with van der Waals surface area (Å²) in [6, 6.07) is 21.1. The van der Waals surface area contributed by atoms with Crippen molar-refractivity contribution in [1.29, 1.82) is 0 Å². The first kappa shape index (κ1) is 15.5. The molecule has 25 heavy (non-hydrogen) atoms. The number of pyridine rings is 1. The molecule has 0 unspecified atom stereocenters. The number of hydrogen-bond donors (Lipinski definition) is 0. The van der Waals surface area contributed by atoms with Gasteiger partial charge in [0.2, 0.25) is 0 Å². The van der Waals surface area contributed by atoms with E-state index < -0.39 is 11.7 Å². The Balaban J connectivity index is 1.88. The molecule has 2 aromatic carbocycles. The minimum Gasteiger partial charge on any atom is -0.323 e. The Morgan fingerprint density at radius 1 is 0.680 bits per heavy atom. The van der Waals surface area contributed by atoms with Gasteiger partial charge in [0.15, 0.2) is 0 Å². The number of halogens is 3. The van der Waals surface area contributed by atoms with Crippen LogP contribution in [0.2, 0.25) is 0 Å². The highest BCUT2D eigenvalue weighted by Crippen LogP contribution is 2.34. The fourth-order valence-electron chi connectivity index (χ4n) is 3.01. The van der Waals surface area contributed by atoms with Gasteiger partial charge in [-0.05, 0) is 47.0 Å². The second-order valence-electron chi connectivity index (χ2n) is 5.88. The van der Waals surface area contributed by atoms with Gasteiger partial charge in [-0.3, -0.25) is 0 Å². The lowest BCUT2D eigenvalue weighted by Gasteiger charge is -2.11. The molecule has 4 aromatic rings. The second-order valence-corrected chi connectivity index (χ2v) is 5.88. The van der Waals surface area contributed by atoms with Gasteiger partial charge < -0.3 is 4.40 Å². The van der Waals surface area contributed by atoms with Gasteiger partial charge in [-0.25, -0.2) is 0 Å². The van der Waals surface area contributed by atoms with Crippen LogP contribution in [-0.4, -0.2) is 4.40 Å². The fraction of sp³-hybridized carbons (Fsp3) is 0.0476. The number of alkyl halides is 3. The number of hydrogen-bond acceptors (Lipinski definition) is 0. The van der Waals surface area contributed by atoms with Crippen LogP contribution in [-0.2, 0) is 6.18 Å². The summed E-state index contributed by atoms with van der Waals surface area (Å²) in [5.41, 5.74) is 4.06. The van der Waals surface area contributed by atoms with E-state index in [9.17, 15) is 13.2 Å². The third-order valence-electron chi connectivity index (χ3n) is 4.26. The van der Waals surface area contributed by atoms with Gasteiger partial charge in [0.25, 0.3) is 0 Å². The predicted molar refractivity (Wildman–Crippen MR) is 93.3 cm³/mol. The molecule has 4 rings (SSSR count). The van der Waals surface area contributed by atoms with Gasteiger partial charge in [0.1, 0.15) is 0 Å².